The van der Waals surface area contributed by atoms with Gasteiger partial charge in [0.2, 0.25) is 5.91 Å². The van der Waals surface area contributed by atoms with Crippen molar-refractivity contribution in [2.24, 2.45) is 0 Å². The SMILES string of the molecule is CC(=O)N(C)Cc1ccccc1Cl. The van der Waals surface area contributed by atoms with Crippen LogP contribution in [-0.4, -0.2) is 17.9 Å². The van der Waals surface area contributed by atoms with Crippen LogP contribution in [-0.2, 0) is 11.3 Å². The van der Waals surface area contributed by atoms with Gasteiger partial charge in [0, 0.05) is 25.5 Å². The molecule has 0 aliphatic rings. The Morgan fingerprint density at radius 3 is 2.62 bits per heavy atom. The molecule has 1 rings (SSSR count). The lowest BCUT2D eigenvalue weighted by Gasteiger charge is -2.15. The molecule has 2 nitrogen and oxygen atoms in total. The van der Waals surface area contributed by atoms with Crippen LogP contribution in [0.1, 0.15) is 12.5 Å². The zero-order valence-corrected chi connectivity index (χ0v) is 8.51. The molecule has 1 aromatic carbocycles. The summed E-state index contributed by atoms with van der Waals surface area (Å²) in [5, 5.41) is 0.704. The molecule has 0 unspecified atom stereocenters. The third-order valence-electron chi connectivity index (χ3n) is 1.90. The topological polar surface area (TPSA) is 20.3 Å². The van der Waals surface area contributed by atoms with Gasteiger partial charge in [-0.05, 0) is 11.6 Å². The predicted octanol–water partition coefficient (Wildman–Crippen LogP) is 2.32. The molecule has 1 amide bonds. The molecular formula is C10H12ClNO. The van der Waals surface area contributed by atoms with Crippen LogP contribution in [0.4, 0.5) is 0 Å². The van der Waals surface area contributed by atoms with Crippen molar-refractivity contribution in [1.82, 2.24) is 4.90 Å². The van der Waals surface area contributed by atoms with Gasteiger partial charge in [0.25, 0.3) is 0 Å². The van der Waals surface area contributed by atoms with Gasteiger partial charge >= 0.3 is 0 Å². The third kappa shape index (κ3) is 2.74. The fourth-order valence-electron chi connectivity index (χ4n) is 0.993. The maximum atomic E-state index is 10.9. The minimum Gasteiger partial charge on any atom is -0.342 e. The zero-order chi connectivity index (χ0) is 9.84. The largest absolute Gasteiger partial charge is 0.342 e. The number of benzene rings is 1. The Morgan fingerprint density at radius 1 is 1.46 bits per heavy atom. The number of carbonyl (C=O) groups excluding carboxylic acids is 1. The van der Waals surface area contributed by atoms with Crippen molar-refractivity contribution in [3.63, 3.8) is 0 Å². The lowest BCUT2D eigenvalue weighted by atomic mass is 10.2. The van der Waals surface area contributed by atoms with Gasteiger partial charge in [-0.3, -0.25) is 4.79 Å². The van der Waals surface area contributed by atoms with Gasteiger partial charge in [0.15, 0.2) is 0 Å². The van der Waals surface area contributed by atoms with Gasteiger partial charge in [-0.1, -0.05) is 29.8 Å². The first-order valence-corrected chi connectivity index (χ1v) is 4.44. The Bertz CT molecular complexity index is 312. The van der Waals surface area contributed by atoms with E-state index in [4.69, 9.17) is 11.6 Å². The van der Waals surface area contributed by atoms with E-state index in [0.717, 1.165) is 5.56 Å². The van der Waals surface area contributed by atoms with E-state index in [1.165, 1.54) is 6.92 Å². The molecule has 0 saturated heterocycles. The highest BCUT2D eigenvalue weighted by atomic mass is 35.5. The summed E-state index contributed by atoms with van der Waals surface area (Å²) in [5.74, 6) is 0.0416. The lowest BCUT2D eigenvalue weighted by Crippen LogP contribution is -2.23. The second-order valence-electron chi connectivity index (χ2n) is 2.97. The first kappa shape index (κ1) is 10.1. The minimum absolute atomic E-state index is 0.0416. The monoisotopic (exact) mass is 197 g/mol. The van der Waals surface area contributed by atoms with Gasteiger partial charge in [-0.25, -0.2) is 0 Å². The van der Waals surface area contributed by atoms with Crippen LogP contribution in [0.15, 0.2) is 24.3 Å². The van der Waals surface area contributed by atoms with E-state index in [-0.39, 0.29) is 5.91 Å². The Kier molecular flexibility index (Phi) is 3.32. The van der Waals surface area contributed by atoms with Crippen LogP contribution in [0.2, 0.25) is 5.02 Å². The number of amides is 1. The average molecular weight is 198 g/mol. The molecule has 0 saturated carbocycles. The quantitative estimate of drug-likeness (QED) is 0.713. The van der Waals surface area contributed by atoms with Gasteiger partial charge in [-0.2, -0.15) is 0 Å². The van der Waals surface area contributed by atoms with Gasteiger partial charge < -0.3 is 4.90 Å². The molecule has 0 N–H and O–H groups in total. The molecule has 0 aliphatic carbocycles. The van der Waals surface area contributed by atoms with E-state index in [2.05, 4.69) is 0 Å². The summed E-state index contributed by atoms with van der Waals surface area (Å²) in [6.07, 6.45) is 0. The number of carbonyl (C=O) groups is 1. The van der Waals surface area contributed by atoms with Crippen molar-refractivity contribution in [2.45, 2.75) is 13.5 Å². The molecule has 1 aromatic rings. The lowest BCUT2D eigenvalue weighted by molar-refractivity contribution is -0.128. The van der Waals surface area contributed by atoms with E-state index >= 15 is 0 Å². The van der Waals surface area contributed by atoms with Crippen molar-refractivity contribution in [1.29, 1.82) is 0 Å². The smallest absolute Gasteiger partial charge is 0.219 e. The first-order chi connectivity index (χ1) is 6.11. The third-order valence-corrected chi connectivity index (χ3v) is 2.27. The normalized spacial score (nSPS) is 9.77. The summed E-state index contributed by atoms with van der Waals surface area (Å²) < 4.78 is 0. The molecule has 0 bridgehead atoms. The van der Waals surface area contributed by atoms with Crippen molar-refractivity contribution >= 4 is 17.5 Å². The van der Waals surface area contributed by atoms with Gasteiger partial charge in [-0.15, -0.1) is 0 Å². The summed E-state index contributed by atoms with van der Waals surface area (Å²) >= 11 is 5.94. The highest BCUT2D eigenvalue weighted by molar-refractivity contribution is 6.31. The molecule has 70 valence electrons. The van der Waals surface area contributed by atoms with Crippen molar-refractivity contribution in [2.75, 3.05) is 7.05 Å². The number of hydrogen-bond acceptors (Lipinski definition) is 1. The number of halogens is 1. The van der Waals surface area contributed by atoms with E-state index in [9.17, 15) is 4.79 Å². The van der Waals surface area contributed by atoms with Crippen molar-refractivity contribution in [3.8, 4) is 0 Å². The van der Waals surface area contributed by atoms with E-state index in [0.29, 0.717) is 11.6 Å². The highest BCUT2D eigenvalue weighted by Gasteiger charge is 2.05. The summed E-state index contributed by atoms with van der Waals surface area (Å²) in [6, 6.07) is 7.53. The molecule has 0 heterocycles. The van der Waals surface area contributed by atoms with Gasteiger partial charge in [0.1, 0.15) is 0 Å². The number of hydrogen-bond donors (Lipinski definition) is 0. The molecule has 13 heavy (non-hydrogen) atoms. The average Bonchev–Trinajstić information content (AvgIpc) is 2.08. The van der Waals surface area contributed by atoms with Crippen LogP contribution in [0, 0.1) is 0 Å². The molecule has 0 atom stereocenters. The Balaban J connectivity index is 2.74. The number of rotatable bonds is 2. The maximum Gasteiger partial charge on any atom is 0.219 e. The summed E-state index contributed by atoms with van der Waals surface area (Å²) in [4.78, 5) is 12.6. The van der Waals surface area contributed by atoms with Crippen LogP contribution in [0.3, 0.4) is 0 Å². The Labute approximate surface area is 83.1 Å². The molecule has 0 radical (unpaired) electrons. The fraction of sp³-hybridized carbons (Fsp3) is 0.300. The highest BCUT2D eigenvalue weighted by Crippen LogP contribution is 2.16. The molecule has 3 heteroatoms. The van der Waals surface area contributed by atoms with Crippen molar-refractivity contribution in [3.05, 3.63) is 34.9 Å². The van der Waals surface area contributed by atoms with Crippen LogP contribution in [0.25, 0.3) is 0 Å². The molecule has 0 fully saturated rings. The second-order valence-corrected chi connectivity index (χ2v) is 3.37. The van der Waals surface area contributed by atoms with E-state index < -0.39 is 0 Å². The Morgan fingerprint density at radius 2 is 2.08 bits per heavy atom. The van der Waals surface area contributed by atoms with E-state index in [1.807, 2.05) is 24.3 Å². The van der Waals surface area contributed by atoms with Crippen molar-refractivity contribution < 1.29 is 4.79 Å². The van der Waals surface area contributed by atoms with Crippen LogP contribution < -0.4 is 0 Å². The molecular weight excluding hydrogens is 186 g/mol. The predicted molar refractivity (Wildman–Crippen MR) is 53.6 cm³/mol. The van der Waals surface area contributed by atoms with Crippen LogP contribution in [0.5, 0.6) is 0 Å². The second kappa shape index (κ2) is 4.28. The standard InChI is InChI=1S/C10H12ClNO/c1-8(13)12(2)7-9-5-3-4-6-10(9)11/h3-6H,7H2,1-2H3. The zero-order valence-electron chi connectivity index (χ0n) is 7.75. The van der Waals surface area contributed by atoms with E-state index in [1.54, 1.807) is 11.9 Å². The summed E-state index contributed by atoms with van der Waals surface area (Å²) in [6.45, 7) is 2.10. The Hall–Kier alpha value is -1.02. The summed E-state index contributed by atoms with van der Waals surface area (Å²) in [7, 11) is 1.76. The maximum absolute atomic E-state index is 10.9. The summed E-state index contributed by atoms with van der Waals surface area (Å²) in [5.41, 5.74) is 0.974. The van der Waals surface area contributed by atoms with Gasteiger partial charge in [0.05, 0.1) is 0 Å². The molecule has 0 aliphatic heterocycles. The first-order valence-electron chi connectivity index (χ1n) is 4.06. The minimum atomic E-state index is 0.0416. The molecule has 0 spiro atoms. The van der Waals surface area contributed by atoms with Crippen LogP contribution >= 0.6 is 11.6 Å². The fourth-order valence-corrected chi connectivity index (χ4v) is 1.19. The number of nitrogens with zero attached hydrogens (tertiary/aromatic N) is 1. The molecule has 0 aromatic heterocycles.